The summed E-state index contributed by atoms with van der Waals surface area (Å²) in [5, 5.41) is 3.24. The predicted octanol–water partition coefficient (Wildman–Crippen LogP) is 2.51. The minimum absolute atomic E-state index is 0.264. The van der Waals surface area contributed by atoms with Crippen molar-refractivity contribution in [2.45, 2.75) is 31.8 Å². The number of hydrogen-bond donors (Lipinski definition) is 2. The summed E-state index contributed by atoms with van der Waals surface area (Å²) < 4.78 is 0. The fourth-order valence-corrected chi connectivity index (χ4v) is 3.70. The fraction of sp³-hybridized carbons (Fsp3) is 0.500. The Balaban J connectivity index is 1.91. The zero-order valence-electron chi connectivity index (χ0n) is 11.0. The lowest BCUT2D eigenvalue weighted by molar-refractivity contribution is 0.184. The van der Waals surface area contributed by atoms with Gasteiger partial charge in [0, 0.05) is 23.8 Å². The third-order valence-corrected chi connectivity index (χ3v) is 4.63. The molecule has 0 bridgehead atoms. The van der Waals surface area contributed by atoms with Gasteiger partial charge in [0.1, 0.15) is 11.0 Å². The Kier molecular flexibility index (Phi) is 3.96. The predicted molar refractivity (Wildman–Crippen MR) is 78.1 cm³/mol. The number of H-pyrrole nitrogens is 1. The minimum Gasteiger partial charge on any atom is -0.363 e. The number of rotatable bonds is 4. The van der Waals surface area contributed by atoms with Crippen LogP contribution in [0.15, 0.2) is 23.7 Å². The molecule has 3 rings (SSSR count). The molecule has 4 nitrogen and oxygen atoms in total. The van der Waals surface area contributed by atoms with Crippen LogP contribution in [0.25, 0.3) is 0 Å². The van der Waals surface area contributed by atoms with E-state index in [-0.39, 0.29) is 6.04 Å². The summed E-state index contributed by atoms with van der Waals surface area (Å²) in [4.78, 5) is 10.6. The Hall–Kier alpha value is -1.17. The second kappa shape index (κ2) is 5.86. The molecule has 19 heavy (non-hydrogen) atoms. The highest BCUT2D eigenvalue weighted by Crippen LogP contribution is 2.32. The number of thiazole rings is 1. The van der Waals surface area contributed by atoms with Crippen LogP contribution >= 0.6 is 11.3 Å². The molecule has 0 amide bonds. The Morgan fingerprint density at radius 1 is 1.37 bits per heavy atom. The number of likely N-dealkylation sites (tertiary alicyclic amines) is 1. The van der Waals surface area contributed by atoms with Crippen molar-refractivity contribution in [2.24, 2.45) is 5.73 Å². The van der Waals surface area contributed by atoms with Crippen molar-refractivity contribution in [1.29, 1.82) is 0 Å². The molecular weight excluding hydrogens is 256 g/mol. The van der Waals surface area contributed by atoms with E-state index in [0.29, 0.717) is 6.54 Å². The highest BCUT2D eigenvalue weighted by Gasteiger charge is 2.26. The highest BCUT2D eigenvalue weighted by atomic mass is 32.1. The van der Waals surface area contributed by atoms with Crippen LogP contribution in [0.1, 0.15) is 41.7 Å². The lowest BCUT2D eigenvalue weighted by Gasteiger charge is -2.32. The van der Waals surface area contributed by atoms with Gasteiger partial charge in [-0.1, -0.05) is 6.42 Å². The molecule has 0 aromatic carbocycles. The van der Waals surface area contributed by atoms with Gasteiger partial charge in [0.05, 0.1) is 5.69 Å². The first kappa shape index (κ1) is 12.8. The summed E-state index contributed by atoms with van der Waals surface area (Å²) in [6.45, 7) is 2.83. The van der Waals surface area contributed by atoms with E-state index < -0.39 is 0 Å². The molecule has 1 atom stereocenters. The van der Waals surface area contributed by atoms with Gasteiger partial charge in [0.2, 0.25) is 0 Å². The number of hydrogen-bond acceptors (Lipinski definition) is 4. The van der Waals surface area contributed by atoms with E-state index in [9.17, 15) is 0 Å². The van der Waals surface area contributed by atoms with E-state index in [0.717, 1.165) is 23.8 Å². The van der Waals surface area contributed by atoms with Crippen LogP contribution in [0.4, 0.5) is 0 Å². The summed E-state index contributed by atoms with van der Waals surface area (Å²) >= 11 is 1.72. The van der Waals surface area contributed by atoms with E-state index >= 15 is 0 Å². The maximum Gasteiger partial charge on any atom is 0.116 e. The number of aromatic amines is 1. The van der Waals surface area contributed by atoms with Crippen molar-refractivity contribution in [3.63, 3.8) is 0 Å². The smallest absolute Gasteiger partial charge is 0.116 e. The maximum atomic E-state index is 5.68. The van der Waals surface area contributed by atoms with Crippen molar-refractivity contribution in [1.82, 2.24) is 14.9 Å². The molecule has 1 aliphatic rings. The third-order valence-electron chi connectivity index (χ3n) is 3.68. The molecule has 2 aromatic rings. The van der Waals surface area contributed by atoms with Gasteiger partial charge in [-0.2, -0.15) is 0 Å². The molecule has 5 heteroatoms. The average molecular weight is 276 g/mol. The van der Waals surface area contributed by atoms with Gasteiger partial charge in [-0.25, -0.2) is 4.98 Å². The first-order valence-electron chi connectivity index (χ1n) is 6.90. The van der Waals surface area contributed by atoms with Crippen molar-refractivity contribution in [3.05, 3.63) is 40.1 Å². The quantitative estimate of drug-likeness (QED) is 0.902. The molecule has 0 radical (unpaired) electrons. The molecule has 1 unspecified atom stereocenters. The SMILES string of the molecule is NCc1csc(C(c2ccc[nH]2)N2CCCCC2)n1. The molecule has 0 saturated carbocycles. The van der Waals surface area contributed by atoms with E-state index in [1.54, 1.807) is 11.3 Å². The van der Waals surface area contributed by atoms with E-state index in [1.807, 2.05) is 6.20 Å². The molecule has 0 spiro atoms. The standard InChI is InChI=1S/C14H20N4S/c15-9-11-10-19-14(17-11)13(12-5-4-6-16-12)18-7-2-1-3-8-18/h4-6,10,13,16H,1-3,7-9,15H2. The molecule has 3 heterocycles. The molecule has 102 valence electrons. The zero-order chi connectivity index (χ0) is 13.1. The maximum absolute atomic E-state index is 5.68. The Morgan fingerprint density at radius 3 is 2.84 bits per heavy atom. The Labute approximate surface area is 117 Å². The van der Waals surface area contributed by atoms with E-state index in [4.69, 9.17) is 10.7 Å². The largest absolute Gasteiger partial charge is 0.363 e. The molecule has 3 N–H and O–H groups in total. The zero-order valence-corrected chi connectivity index (χ0v) is 11.8. The van der Waals surface area contributed by atoms with Crippen molar-refractivity contribution in [3.8, 4) is 0 Å². The van der Waals surface area contributed by atoms with Gasteiger partial charge in [0.25, 0.3) is 0 Å². The molecular formula is C14H20N4S. The average Bonchev–Trinajstić information content (AvgIpc) is 3.12. The Morgan fingerprint density at radius 2 is 2.21 bits per heavy atom. The van der Waals surface area contributed by atoms with Gasteiger partial charge in [0.15, 0.2) is 0 Å². The van der Waals surface area contributed by atoms with Gasteiger partial charge < -0.3 is 10.7 Å². The van der Waals surface area contributed by atoms with Crippen LogP contribution in [-0.2, 0) is 6.54 Å². The Bertz CT molecular complexity index is 499. The van der Waals surface area contributed by atoms with Crippen LogP contribution < -0.4 is 5.73 Å². The molecule has 1 fully saturated rings. The topological polar surface area (TPSA) is 57.9 Å². The molecule has 1 aliphatic heterocycles. The first-order chi connectivity index (χ1) is 9.38. The highest BCUT2D eigenvalue weighted by molar-refractivity contribution is 7.09. The molecule has 0 aliphatic carbocycles. The summed E-state index contributed by atoms with van der Waals surface area (Å²) in [5.41, 5.74) is 7.91. The molecule has 1 saturated heterocycles. The van der Waals surface area contributed by atoms with Crippen LogP contribution in [0.2, 0.25) is 0 Å². The lowest BCUT2D eigenvalue weighted by Crippen LogP contribution is -2.34. The fourth-order valence-electron chi connectivity index (χ4n) is 2.72. The number of aromatic nitrogens is 2. The summed E-state index contributed by atoms with van der Waals surface area (Å²) in [6, 6.07) is 4.48. The number of nitrogens with zero attached hydrogens (tertiary/aromatic N) is 2. The first-order valence-corrected chi connectivity index (χ1v) is 7.78. The number of piperidine rings is 1. The minimum atomic E-state index is 0.264. The summed E-state index contributed by atoms with van der Waals surface area (Å²) in [7, 11) is 0. The van der Waals surface area contributed by atoms with Gasteiger partial charge in [-0.3, -0.25) is 4.90 Å². The molecule has 2 aromatic heterocycles. The van der Waals surface area contributed by atoms with Crippen molar-refractivity contribution >= 4 is 11.3 Å². The van der Waals surface area contributed by atoms with Crippen LogP contribution in [0.3, 0.4) is 0 Å². The second-order valence-corrected chi connectivity index (χ2v) is 5.90. The van der Waals surface area contributed by atoms with Gasteiger partial charge in [-0.05, 0) is 38.1 Å². The second-order valence-electron chi connectivity index (χ2n) is 5.01. The van der Waals surface area contributed by atoms with Gasteiger partial charge in [-0.15, -0.1) is 11.3 Å². The van der Waals surface area contributed by atoms with Crippen LogP contribution in [0, 0.1) is 0 Å². The monoisotopic (exact) mass is 276 g/mol. The summed E-state index contributed by atoms with van der Waals surface area (Å²) in [5.74, 6) is 0. The van der Waals surface area contributed by atoms with Crippen LogP contribution in [-0.4, -0.2) is 28.0 Å². The van der Waals surface area contributed by atoms with Crippen LogP contribution in [0.5, 0.6) is 0 Å². The lowest BCUT2D eigenvalue weighted by atomic mass is 10.1. The third kappa shape index (κ3) is 2.73. The number of nitrogens with two attached hydrogens (primary N) is 1. The van der Waals surface area contributed by atoms with E-state index in [1.165, 1.54) is 25.0 Å². The summed E-state index contributed by atoms with van der Waals surface area (Å²) in [6.07, 6.45) is 5.91. The van der Waals surface area contributed by atoms with E-state index in [2.05, 4.69) is 27.4 Å². The normalized spacial score (nSPS) is 18.6. The van der Waals surface area contributed by atoms with Gasteiger partial charge >= 0.3 is 0 Å². The van der Waals surface area contributed by atoms with Crippen molar-refractivity contribution in [2.75, 3.05) is 13.1 Å². The number of nitrogens with one attached hydrogen (secondary N) is 1. The van der Waals surface area contributed by atoms with Crippen molar-refractivity contribution < 1.29 is 0 Å².